The molecule has 0 unspecified atom stereocenters. The molecule has 0 radical (unpaired) electrons. The summed E-state index contributed by atoms with van der Waals surface area (Å²) in [6.07, 6.45) is 7.39. The molecule has 35 heavy (non-hydrogen) atoms. The lowest BCUT2D eigenvalue weighted by Gasteiger charge is -2.07. The molecule has 0 saturated carbocycles. The predicted molar refractivity (Wildman–Crippen MR) is 150 cm³/mol. The van der Waals surface area contributed by atoms with Crippen LogP contribution in [-0.4, -0.2) is 36.0 Å². The molecule has 2 N–H and O–H groups in total. The fourth-order valence-electron chi connectivity index (χ4n) is 3.46. The minimum atomic E-state index is 0.379. The average Bonchev–Trinajstić information content (AvgIpc) is 3.31. The van der Waals surface area contributed by atoms with Crippen LogP contribution in [0, 0.1) is 5.92 Å². The van der Waals surface area contributed by atoms with Crippen LogP contribution in [0.4, 0.5) is 0 Å². The quantitative estimate of drug-likeness (QED) is 0.197. The summed E-state index contributed by atoms with van der Waals surface area (Å²) in [4.78, 5) is 18.0. The third-order valence-corrected chi connectivity index (χ3v) is 5.44. The number of ether oxygens (including phenoxy) is 1. The first-order chi connectivity index (χ1) is 17.0. The van der Waals surface area contributed by atoms with Crippen molar-refractivity contribution < 1.29 is 9.53 Å². The van der Waals surface area contributed by atoms with E-state index in [0.717, 1.165) is 61.3 Å². The summed E-state index contributed by atoms with van der Waals surface area (Å²) in [7, 11) is 0. The Morgan fingerprint density at radius 2 is 1.83 bits per heavy atom. The van der Waals surface area contributed by atoms with Crippen molar-refractivity contribution in [1.29, 1.82) is 0 Å². The van der Waals surface area contributed by atoms with Crippen molar-refractivity contribution in [2.75, 3.05) is 19.7 Å². The smallest absolute Gasteiger partial charge is 0.185 e. The number of nitrogens with one attached hydrogen (secondary N) is 2. The number of carbonyl (C=O) groups excluding carboxylic acids is 1. The zero-order valence-electron chi connectivity index (χ0n) is 22.8. The number of carbonyl (C=O) groups is 1. The number of aryl methyl sites for hydroxylation is 2. The molecule has 0 saturated heterocycles. The predicted octanol–water partition coefficient (Wildman–Crippen LogP) is 7.40. The van der Waals surface area contributed by atoms with Gasteiger partial charge in [0.1, 0.15) is 5.75 Å². The van der Waals surface area contributed by atoms with Gasteiger partial charge in [0.15, 0.2) is 12.1 Å². The Morgan fingerprint density at radius 1 is 1.03 bits per heavy atom. The third kappa shape index (κ3) is 12.6. The fraction of sp³-hybridized carbons (Fsp3) is 0.533. The number of hydrogen-bond donors (Lipinski definition) is 2. The number of hydrogen-bond acceptors (Lipinski definition) is 4. The van der Waals surface area contributed by atoms with Gasteiger partial charge in [-0.1, -0.05) is 59.7 Å². The van der Waals surface area contributed by atoms with Gasteiger partial charge in [0, 0.05) is 0 Å². The maximum absolute atomic E-state index is 10.8. The standard InChI is InChI=1S/C20H22N2O2.C8H19N.C2H6/c1-2-15-7-5-8-17(12-15)24-11-4-3-6-16-9-10-18-19(13-16)22-20(14-23)21-18;1-4-6-9-7-5-8(2)3;1-2/h5,7-10,12-14H,2-4,6,11H2,1H3,(H,21,22);8-9H,4-7H2,1-3H3;1-2H3. The van der Waals surface area contributed by atoms with Crippen LogP contribution in [0.3, 0.4) is 0 Å². The highest BCUT2D eigenvalue weighted by Crippen LogP contribution is 2.16. The minimum absolute atomic E-state index is 0.379. The van der Waals surface area contributed by atoms with Gasteiger partial charge in [-0.2, -0.15) is 0 Å². The molecule has 0 atom stereocenters. The molecule has 0 amide bonds. The van der Waals surface area contributed by atoms with Crippen molar-refractivity contribution in [3.63, 3.8) is 0 Å². The molecule has 1 heterocycles. The number of aromatic nitrogens is 2. The fourth-order valence-corrected chi connectivity index (χ4v) is 3.46. The number of H-pyrrole nitrogens is 1. The van der Waals surface area contributed by atoms with Crippen LogP contribution in [0.2, 0.25) is 0 Å². The van der Waals surface area contributed by atoms with Crippen molar-refractivity contribution in [1.82, 2.24) is 15.3 Å². The first kappa shape index (κ1) is 30.4. The third-order valence-electron chi connectivity index (χ3n) is 5.44. The van der Waals surface area contributed by atoms with Gasteiger partial charge in [-0.3, -0.25) is 4.79 Å². The van der Waals surface area contributed by atoms with Gasteiger partial charge in [0.25, 0.3) is 0 Å². The molecule has 0 aliphatic heterocycles. The maximum Gasteiger partial charge on any atom is 0.185 e. The van der Waals surface area contributed by atoms with Crippen LogP contribution in [-0.2, 0) is 12.8 Å². The van der Waals surface area contributed by atoms with E-state index in [2.05, 4.69) is 67.2 Å². The van der Waals surface area contributed by atoms with Crippen LogP contribution >= 0.6 is 0 Å². The monoisotopic (exact) mass is 481 g/mol. The molecule has 5 heteroatoms. The number of fused-ring (bicyclic) bond motifs is 1. The van der Waals surface area contributed by atoms with Crippen LogP contribution in [0.1, 0.15) is 89.0 Å². The number of rotatable bonds is 13. The second kappa shape index (κ2) is 18.6. The zero-order valence-corrected chi connectivity index (χ0v) is 22.8. The van der Waals surface area contributed by atoms with Crippen molar-refractivity contribution in [3.8, 4) is 5.75 Å². The molecule has 0 spiro atoms. The number of imidazole rings is 1. The van der Waals surface area contributed by atoms with E-state index in [1.54, 1.807) is 0 Å². The van der Waals surface area contributed by atoms with Crippen LogP contribution in [0.15, 0.2) is 42.5 Å². The van der Waals surface area contributed by atoms with E-state index in [4.69, 9.17) is 4.74 Å². The molecular formula is C30H47N3O2. The molecule has 0 aliphatic rings. The summed E-state index contributed by atoms with van der Waals surface area (Å²) in [5.41, 5.74) is 4.30. The molecule has 0 aliphatic carbocycles. The number of unbranched alkanes of at least 4 members (excludes halogenated alkanes) is 1. The second-order valence-corrected chi connectivity index (χ2v) is 8.83. The van der Waals surface area contributed by atoms with Gasteiger partial charge in [0.05, 0.1) is 17.6 Å². The van der Waals surface area contributed by atoms with Crippen molar-refractivity contribution in [3.05, 3.63) is 59.4 Å². The van der Waals surface area contributed by atoms with E-state index < -0.39 is 0 Å². The molecular weight excluding hydrogens is 434 g/mol. The van der Waals surface area contributed by atoms with Gasteiger partial charge < -0.3 is 15.0 Å². The number of aromatic amines is 1. The van der Waals surface area contributed by atoms with E-state index in [1.165, 1.54) is 37.1 Å². The van der Waals surface area contributed by atoms with Crippen LogP contribution in [0.5, 0.6) is 5.75 Å². The van der Waals surface area contributed by atoms with Crippen molar-refractivity contribution in [2.24, 2.45) is 5.92 Å². The van der Waals surface area contributed by atoms with Crippen molar-refractivity contribution >= 4 is 17.3 Å². The summed E-state index contributed by atoms with van der Waals surface area (Å²) in [5.74, 6) is 2.17. The lowest BCUT2D eigenvalue weighted by atomic mass is 10.1. The van der Waals surface area contributed by atoms with E-state index in [1.807, 2.05) is 32.0 Å². The molecule has 0 bridgehead atoms. The zero-order chi connectivity index (χ0) is 25.9. The topological polar surface area (TPSA) is 67.0 Å². The van der Waals surface area contributed by atoms with Crippen molar-refractivity contribution in [2.45, 2.75) is 80.1 Å². The molecule has 0 fully saturated rings. The first-order valence-electron chi connectivity index (χ1n) is 13.4. The Kier molecular flexibility index (Phi) is 16.2. The van der Waals surface area contributed by atoms with Gasteiger partial charge in [-0.05, 0) is 92.9 Å². The average molecular weight is 482 g/mol. The Hall–Kier alpha value is -2.66. The Balaban J connectivity index is 0.000000473. The molecule has 3 aromatic rings. The van der Waals surface area contributed by atoms with Gasteiger partial charge in [-0.25, -0.2) is 4.98 Å². The number of aldehydes is 1. The molecule has 194 valence electrons. The highest BCUT2D eigenvalue weighted by Gasteiger charge is 2.03. The number of benzene rings is 2. The number of nitrogens with zero attached hydrogens (tertiary/aromatic N) is 1. The van der Waals surface area contributed by atoms with E-state index >= 15 is 0 Å². The van der Waals surface area contributed by atoms with Gasteiger partial charge >= 0.3 is 0 Å². The van der Waals surface area contributed by atoms with E-state index in [-0.39, 0.29) is 0 Å². The second-order valence-electron chi connectivity index (χ2n) is 8.83. The molecule has 5 nitrogen and oxygen atoms in total. The summed E-state index contributed by atoms with van der Waals surface area (Å²) in [6, 6.07) is 14.4. The van der Waals surface area contributed by atoms with Gasteiger partial charge in [-0.15, -0.1) is 0 Å². The SMILES string of the molecule is CC.CCCNCCC(C)C.CCc1cccc(OCCCCc2ccc3nc(C=O)[nH]c3c2)c1. The van der Waals surface area contributed by atoms with Crippen LogP contribution < -0.4 is 10.1 Å². The van der Waals surface area contributed by atoms with E-state index in [0.29, 0.717) is 5.82 Å². The normalized spacial score (nSPS) is 10.4. The largest absolute Gasteiger partial charge is 0.494 e. The lowest BCUT2D eigenvalue weighted by Crippen LogP contribution is -2.17. The first-order valence-corrected chi connectivity index (χ1v) is 13.4. The highest BCUT2D eigenvalue weighted by atomic mass is 16.5. The molecule has 1 aromatic heterocycles. The van der Waals surface area contributed by atoms with E-state index in [9.17, 15) is 4.79 Å². The molecule has 2 aromatic carbocycles. The Bertz CT molecular complexity index is 950. The summed E-state index contributed by atoms with van der Waals surface area (Å²) < 4.78 is 5.82. The minimum Gasteiger partial charge on any atom is -0.494 e. The van der Waals surface area contributed by atoms with Crippen LogP contribution in [0.25, 0.3) is 11.0 Å². The lowest BCUT2D eigenvalue weighted by molar-refractivity contribution is 0.111. The summed E-state index contributed by atoms with van der Waals surface area (Å²) >= 11 is 0. The summed E-state index contributed by atoms with van der Waals surface area (Å²) in [5, 5.41) is 3.37. The molecule has 3 rings (SSSR count). The maximum atomic E-state index is 10.8. The Morgan fingerprint density at radius 3 is 2.51 bits per heavy atom. The van der Waals surface area contributed by atoms with Gasteiger partial charge in [0.2, 0.25) is 0 Å². The summed E-state index contributed by atoms with van der Waals surface area (Å²) in [6.45, 7) is 15.9. The Labute approximate surface area is 213 Å². The highest BCUT2D eigenvalue weighted by molar-refractivity contribution is 5.82.